The number of fused-ring (bicyclic) bond motifs is 1. The summed E-state index contributed by atoms with van der Waals surface area (Å²) in [6, 6.07) is 12.2. The SMILES string of the molecule is CC(NC1COc2ccccc2C1)c1ccc(S(C)(=O)=O)c(F)c1. The Morgan fingerprint density at radius 3 is 2.71 bits per heavy atom. The van der Waals surface area contributed by atoms with Crippen molar-refractivity contribution in [3.8, 4) is 5.75 Å². The molecule has 1 aliphatic heterocycles. The van der Waals surface area contributed by atoms with Gasteiger partial charge in [-0.25, -0.2) is 12.8 Å². The summed E-state index contributed by atoms with van der Waals surface area (Å²) in [5.41, 5.74) is 1.85. The Morgan fingerprint density at radius 2 is 2.00 bits per heavy atom. The molecule has 1 aliphatic rings. The fraction of sp³-hybridized carbons (Fsp3) is 0.333. The molecule has 3 rings (SSSR count). The van der Waals surface area contributed by atoms with Crippen molar-refractivity contribution in [1.82, 2.24) is 5.32 Å². The summed E-state index contributed by atoms with van der Waals surface area (Å²) >= 11 is 0. The maximum atomic E-state index is 14.1. The van der Waals surface area contributed by atoms with Gasteiger partial charge in [-0.05, 0) is 42.7 Å². The van der Waals surface area contributed by atoms with E-state index in [0.29, 0.717) is 12.2 Å². The van der Waals surface area contributed by atoms with Crippen molar-refractivity contribution in [2.24, 2.45) is 0 Å². The van der Waals surface area contributed by atoms with Gasteiger partial charge in [-0.15, -0.1) is 0 Å². The van der Waals surface area contributed by atoms with Crippen LogP contribution in [-0.2, 0) is 16.3 Å². The monoisotopic (exact) mass is 349 g/mol. The highest BCUT2D eigenvalue weighted by Gasteiger charge is 2.22. The number of nitrogens with one attached hydrogen (secondary N) is 1. The molecule has 0 spiro atoms. The van der Waals surface area contributed by atoms with E-state index in [9.17, 15) is 12.8 Å². The zero-order valence-corrected chi connectivity index (χ0v) is 14.4. The van der Waals surface area contributed by atoms with Gasteiger partial charge in [0.1, 0.15) is 23.1 Å². The van der Waals surface area contributed by atoms with Gasteiger partial charge in [0.25, 0.3) is 0 Å². The summed E-state index contributed by atoms with van der Waals surface area (Å²) in [4.78, 5) is -0.270. The lowest BCUT2D eigenvalue weighted by molar-refractivity contribution is 0.229. The zero-order chi connectivity index (χ0) is 17.3. The van der Waals surface area contributed by atoms with E-state index in [1.54, 1.807) is 6.07 Å². The molecule has 0 aliphatic carbocycles. The molecule has 6 heteroatoms. The van der Waals surface area contributed by atoms with Crippen LogP contribution in [0.25, 0.3) is 0 Å². The predicted molar refractivity (Wildman–Crippen MR) is 90.5 cm³/mol. The zero-order valence-electron chi connectivity index (χ0n) is 13.6. The number of hydrogen-bond donors (Lipinski definition) is 1. The van der Waals surface area contributed by atoms with Crippen molar-refractivity contribution in [3.05, 3.63) is 59.4 Å². The van der Waals surface area contributed by atoms with Gasteiger partial charge in [-0.3, -0.25) is 0 Å². The van der Waals surface area contributed by atoms with Gasteiger partial charge in [-0.2, -0.15) is 0 Å². The van der Waals surface area contributed by atoms with E-state index >= 15 is 0 Å². The summed E-state index contributed by atoms with van der Waals surface area (Å²) in [7, 11) is -3.55. The quantitative estimate of drug-likeness (QED) is 0.922. The molecular weight excluding hydrogens is 329 g/mol. The molecule has 2 atom stereocenters. The average Bonchev–Trinajstić information content (AvgIpc) is 2.53. The molecule has 0 saturated heterocycles. The van der Waals surface area contributed by atoms with Crippen molar-refractivity contribution < 1.29 is 17.5 Å². The van der Waals surface area contributed by atoms with Gasteiger partial charge in [-0.1, -0.05) is 24.3 Å². The van der Waals surface area contributed by atoms with Crippen LogP contribution in [0.2, 0.25) is 0 Å². The number of hydrogen-bond acceptors (Lipinski definition) is 4. The third-order valence-electron chi connectivity index (χ3n) is 4.22. The fourth-order valence-electron chi connectivity index (χ4n) is 2.97. The lowest BCUT2D eigenvalue weighted by atomic mass is 10.0. The van der Waals surface area contributed by atoms with E-state index < -0.39 is 15.7 Å². The Bertz CT molecular complexity index is 851. The fourth-order valence-corrected chi connectivity index (χ4v) is 3.70. The molecule has 2 aromatic rings. The van der Waals surface area contributed by atoms with E-state index in [1.165, 1.54) is 12.1 Å². The minimum absolute atomic E-state index is 0.118. The lowest BCUT2D eigenvalue weighted by Gasteiger charge is -2.29. The van der Waals surface area contributed by atoms with Gasteiger partial charge < -0.3 is 10.1 Å². The molecule has 24 heavy (non-hydrogen) atoms. The Balaban J connectivity index is 1.72. The number of halogens is 1. The second-order valence-corrected chi connectivity index (χ2v) is 8.15. The number of benzene rings is 2. The van der Waals surface area contributed by atoms with Crippen molar-refractivity contribution in [2.45, 2.75) is 30.3 Å². The van der Waals surface area contributed by atoms with Crippen molar-refractivity contribution in [2.75, 3.05) is 12.9 Å². The minimum atomic E-state index is -3.55. The van der Waals surface area contributed by atoms with Crippen LogP contribution in [-0.4, -0.2) is 27.3 Å². The maximum Gasteiger partial charge on any atom is 0.178 e. The van der Waals surface area contributed by atoms with Crippen LogP contribution in [0.15, 0.2) is 47.4 Å². The standard InChI is InChI=1S/C18H20FNO3S/c1-12(13-7-8-18(16(19)10-13)24(2,21)22)20-15-9-14-5-3-4-6-17(14)23-11-15/h3-8,10,12,15,20H,9,11H2,1-2H3. The maximum absolute atomic E-state index is 14.1. The second-order valence-electron chi connectivity index (χ2n) is 6.17. The van der Waals surface area contributed by atoms with Crippen LogP contribution in [0, 0.1) is 5.82 Å². The van der Waals surface area contributed by atoms with Crippen LogP contribution in [0.4, 0.5) is 4.39 Å². The molecule has 4 nitrogen and oxygen atoms in total. The second kappa shape index (κ2) is 6.53. The molecule has 0 fully saturated rings. The molecule has 1 heterocycles. The molecule has 0 bridgehead atoms. The number of rotatable bonds is 4. The highest BCUT2D eigenvalue weighted by atomic mass is 32.2. The third-order valence-corrected chi connectivity index (χ3v) is 5.35. The van der Waals surface area contributed by atoms with Crippen molar-refractivity contribution >= 4 is 9.84 Å². The molecule has 128 valence electrons. The average molecular weight is 349 g/mol. The van der Waals surface area contributed by atoms with Gasteiger partial charge in [0.2, 0.25) is 0 Å². The number of sulfone groups is 1. The highest BCUT2D eigenvalue weighted by Crippen LogP contribution is 2.26. The van der Waals surface area contributed by atoms with Crippen LogP contribution >= 0.6 is 0 Å². The molecule has 0 radical (unpaired) electrons. The van der Waals surface area contributed by atoms with Gasteiger partial charge in [0, 0.05) is 18.3 Å². The van der Waals surface area contributed by atoms with E-state index in [4.69, 9.17) is 4.74 Å². The summed E-state index contributed by atoms with van der Waals surface area (Å²) in [5, 5.41) is 3.42. The van der Waals surface area contributed by atoms with Crippen LogP contribution in [0.5, 0.6) is 5.75 Å². The van der Waals surface area contributed by atoms with Gasteiger partial charge >= 0.3 is 0 Å². The van der Waals surface area contributed by atoms with E-state index in [2.05, 4.69) is 5.32 Å². The Morgan fingerprint density at radius 1 is 1.25 bits per heavy atom. The first-order chi connectivity index (χ1) is 11.3. The van der Waals surface area contributed by atoms with E-state index in [0.717, 1.165) is 24.0 Å². The summed E-state index contributed by atoms with van der Waals surface area (Å²) < 4.78 is 42.8. The molecular formula is C18H20FNO3S. The molecule has 2 aromatic carbocycles. The molecule has 0 aromatic heterocycles. The minimum Gasteiger partial charge on any atom is -0.492 e. The highest BCUT2D eigenvalue weighted by molar-refractivity contribution is 7.90. The molecule has 0 saturated carbocycles. The van der Waals surface area contributed by atoms with Crippen LogP contribution in [0.1, 0.15) is 24.1 Å². The Kier molecular flexibility index (Phi) is 4.60. The van der Waals surface area contributed by atoms with E-state index in [-0.39, 0.29) is 17.0 Å². The summed E-state index contributed by atoms with van der Waals surface area (Å²) in [6.07, 6.45) is 1.84. The normalized spacial score (nSPS) is 18.5. The van der Waals surface area contributed by atoms with E-state index in [1.807, 2.05) is 31.2 Å². The topological polar surface area (TPSA) is 55.4 Å². The van der Waals surface area contributed by atoms with Crippen LogP contribution in [0.3, 0.4) is 0 Å². The lowest BCUT2D eigenvalue weighted by Crippen LogP contribution is -2.40. The van der Waals surface area contributed by atoms with Gasteiger partial charge in [0.05, 0.1) is 0 Å². The van der Waals surface area contributed by atoms with Crippen molar-refractivity contribution in [3.63, 3.8) is 0 Å². The Hall–Kier alpha value is -1.92. The van der Waals surface area contributed by atoms with Crippen LogP contribution < -0.4 is 10.1 Å². The number of ether oxygens (including phenoxy) is 1. The first kappa shape index (κ1) is 16.9. The third kappa shape index (κ3) is 3.60. The summed E-state index contributed by atoms with van der Waals surface area (Å²) in [5.74, 6) is 0.195. The smallest absolute Gasteiger partial charge is 0.178 e. The first-order valence-electron chi connectivity index (χ1n) is 7.81. The molecule has 0 amide bonds. The Labute approximate surface area is 141 Å². The molecule has 1 N–H and O–H groups in total. The van der Waals surface area contributed by atoms with Crippen molar-refractivity contribution in [1.29, 1.82) is 0 Å². The number of para-hydroxylation sites is 1. The largest absolute Gasteiger partial charge is 0.492 e. The van der Waals surface area contributed by atoms with Gasteiger partial charge in [0.15, 0.2) is 9.84 Å². The first-order valence-corrected chi connectivity index (χ1v) is 9.70. The molecule has 2 unspecified atom stereocenters. The predicted octanol–water partition coefficient (Wildman–Crippen LogP) is 2.88. The summed E-state index contributed by atoms with van der Waals surface area (Å²) in [6.45, 7) is 2.47.